The van der Waals surface area contributed by atoms with Crippen molar-refractivity contribution in [3.63, 3.8) is 0 Å². The Kier molecular flexibility index (Phi) is 7.75. The summed E-state index contributed by atoms with van der Waals surface area (Å²) in [6, 6.07) is 22.4. The van der Waals surface area contributed by atoms with E-state index in [1.807, 2.05) is 36.4 Å². The highest BCUT2D eigenvalue weighted by Gasteiger charge is 2.36. The summed E-state index contributed by atoms with van der Waals surface area (Å²) < 4.78 is 10.9. The Hall–Kier alpha value is -3.06. The van der Waals surface area contributed by atoms with Gasteiger partial charge in [-0.05, 0) is 60.7 Å². The molecule has 0 radical (unpaired) electrons. The quantitative estimate of drug-likeness (QED) is 0.449. The second kappa shape index (κ2) is 11.3. The summed E-state index contributed by atoms with van der Waals surface area (Å²) in [6.45, 7) is 5.22. The molecule has 2 aliphatic rings. The minimum Gasteiger partial charge on any atom is -0.454 e. The molecule has 0 aliphatic carbocycles. The Morgan fingerprint density at radius 1 is 1.00 bits per heavy atom. The van der Waals surface area contributed by atoms with E-state index in [0.29, 0.717) is 18.1 Å². The van der Waals surface area contributed by atoms with Crippen molar-refractivity contribution in [1.82, 2.24) is 15.5 Å². The number of hydrogen-bond donors (Lipinski definition) is 2. The number of ether oxygens (including phenoxy) is 2. The van der Waals surface area contributed by atoms with Crippen LogP contribution in [0.25, 0.3) is 0 Å². The maximum atomic E-state index is 13.3. The second-order valence-electron chi connectivity index (χ2n) is 9.61. The summed E-state index contributed by atoms with van der Waals surface area (Å²) in [6.07, 6.45) is 1.50. The number of nitrogens with zero attached hydrogens (tertiary/aromatic N) is 1. The molecule has 1 saturated heterocycles. The summed E-state index contributed by atoms with van der Waals surface area (Å²) in [4.78, 5) is 15.6. The molecule has 1 fully saturated rings. The summed E-state index contributed by atoms with van der Waals surface area (Å²) in [7, 11) is 0. The number of benzene rings is 3. The smallest absolute Gasteiger partial charge is 0.237 e. The first-order chi connectivity index (χ1) is 17.5. The Bertz CT molecular complexity index is 1220. The Balaban J connectivity index is 1.20. The molecular weight excluding hydrogens is 474 g/mol. The van der Waals surface area contributed by atoms with Crippen molar-refractivity contribution in [2.75, 3.05) is 19.9 Å². The van der Waals surface area contributed by atoms with E-state index in [0.717, 1.165) is 48.6 Å². The van der Waals surface area contributed by atoms with E-state index >= 15 is 0 Å². The molecule has 2 atom stereocenters. The number of amides is 1. The molecule has 2 heterocycles. The molecule has 36 heavy (non-hydrogen) atoms. The molecule has 0 spiro atoms. The van der Waals surface area contributed by atoms with Gasteiger partial charge in [-0.15, -0.1) is 0 Å². The fourth-order valence-corrected chi connectivity index (χ4v) is 5.21. The number of carbonyl (C=O) groups is 1. The maximum Gasteiger partial charge on any atom is 0.237 e. The maximum absolute atomic E-state index is 13.3. The largest absolute Gasteiger partial charge is 0.454 e. The first kappa shape index (κ1) is 24.6. The van der Waals surface area contributed by atoms with Gasteiger partial charge in [-0.3, -0.25) is 9.69 Å². The van der Waals surface area contributed by atoms with E-state index in [9.17, 15) is 4.79 Å². The van der Waals surface area contributed by atoms with Crippen molar-refractivity contribution in [1.29, 1.82) is 0 Å². The molecule has 188 valence electrons. The van der Waals surface area contributed by atoms with Crippen LogP contribution in [0.2, 0.25) is 5.02 Å². The minimum absolute atomic E-state index is 0.0672. The zero-order valence-electron chi connectivity index (χ0n) is 20.5. The van der Waals surface area contributed by atoms with Gasteiger partial charge in [0.15, 0.2) is 11.5 Å². The molecule has 2 aliphatic heterocycles. The number of hydrogen-bond acceptors (Lipinski definition) is 5. The number of halogens is 1. The van der Waals surface area contributed by atoms with Crippen LogP contribution in [-0.4, -0.2) is 42.8 Å². The molecule has 6 nitrogen and oxygen atoms in total. The van der Waals surface area contributed by atoms with Gasteiger partial charge in [0.05, 0.1) is 6.04 Å². The van der Waals surface area contributed by atoms with Gasteiger partial charge in [-0.1, -0.05) is 59.6 Å². The van der Waals surface area contributed by atoms with E-state index in [1.54, 1.807) is 0 Å². The summed E-state index contributed by atoms with van der Waals surface area (Å²) in [5.41, 5.74) is 4.73. The molecule has 2 N–H and O–H groups in total. The van der Waals surface area contributed by atoms with Crippen molar-refractivity contribution in [3.8, 4) is 11.5 Å². The molecule has 0 aromatic heterocycles. The lowest BCUT2D eigenvalue weighted by Crippen LogP contribution is -2.43. The monoisotopic (exact) mass is 505 g/mol. The number of carbonyl (C=O) groups excluding carboxylic acids is 1. The number of aryl methyl sites for hydroxylation is 1. The van der Waals surface area contributed by atoms with Gasteiger partial charge >= 0.3 is 0 Å². The Labute approximate surface area is 217 Å². The highest BCUT2D eigenvalue weighted by atomic mass is 35.5. The SMILES string of the molecule is Cc1cccc(CN[C@@H]2C[C@@H](C(=O)NCCc3ccc4c(c3)OCO4)N(Cc3cccc(Cl)c3)C2)c1. The average molecular weight is 506 g/mol. The zero-order valence-corrected chi connectivity index (χ0v) is 21.3. The predicted octanol–water partition coefficient (Wildman–Crippen LogP) is 4.47. The number of fused-ring (bicyclic) bond motifs is 1. The van der Waals surface area contributed by atoms with E-state index in [-0.39, 0.29) is 24.8 Å². The van der Waals surface area contributed by atoms with Crippen molar-refractivity contribution >= 4 is 17.5 Å². The van der Waals surface area contributed by atoms with Crippen LogP contribution < -0.4 is 20.1 Å². The van der Waals surface area contributed by atoms with E-state index in [2.05, 4.69) is 52.8 Å². The topological polar surface area (TPSA) is 62.8 Å². The molecule has 0 saturated carbocycles. The molecule has 7 heteroatoms. The number of likely N-dealkylation sites (tertiary alicyclic amines) is 1. The van der Waals surface area contributed by atoms with Gasteiger partial charge in [0.1, 0.15) is 0 Å². The van der Waals surface area contributed by atoms with Crippen LogP contribution in [0.1, 0.15) is 28.7 Å². The summed E-state index contributed by atoms with van der Waals surface area (Å²) in [5, 5.41) is 7.55. The van der Waals surface area contributed by atoms with Gasteiger partial charge in [-0.25, -0.2) is 0 Å². The van der Waals surface area contributed by atoms with Crippen LogP contribution in [0.15, 0.2) is 66.7 Å². The molecule has 0 unspecified atom stereocenters. The minimum atomic E-state index is -0.198. The first-order valence-electron chi connectivity index (χ1n) is 12.5. The van der Waals surface area contributed by atoms with Crippen LogP contribution in [0.4, 0.5) is 0 Å². The summed E-state index contributed by atoms with van der Waals surface area (Å²) >= 11 is 6.22. The third-order valence-electron chi connectivity index (χ3n) is 6.81. The lowest BCUT2D eigenvalue weighted by atomic mass is 10.1. The van der Waals surface area contributed by atoms with Crippen LogP contribution >= 0.6 is 11.6 Å². The predicted molar refractivity (Wildman–Crippen MR) is 141 cm³/mol. The second-order valence-corrected chi connectivity index (χ2v) is 10.0. The third kappa shape index (κ3) is 6.19. The number of rotatable bonds is 9. The normalized spacial score (nSPS) is 18.9. The van der Waals surface area contributed by atoms with E-state index in [1.165, 1.54) is 11.1 Å². The lowest BCUT2D eigenvalue weighted by Gasteiger charge is -2.23. The average Bonchev–Trinajstić information content (AvgIpc) is 3.49. The van der Waals surface area contributed by atoms with Crippen LogP contribution in [-0.2, 0) is 24.3 Å². The molecule has 3 aromatic rings. The van der Waals surface area contributed by atoms with Crippen molar-refractivity contribution in [2.45, 2.75) is 44.9 Å². The standard InChI is InChI=1S/C29H32ClN3O3/c1-20-4-2-5-22(12-20)16-32-25-15-26(33(18-25)17-23-6-3-7-24(30)13-23)29(34)31-11-10-21-8-9-27-28(14-21)36-19-35-27/h2-9,12-14,25-26,32H,10-11,15-19H2,1H3,(H,31,34)/t25-,26+/m1/s1. The van der Waals surface area contributed by atoms with Crippen LogP contribution in [0, 0.1) is 6.92 Å². The molecular formula is C29H32ClN3O3. The van der Waals surface area contributed by atoms with Crippen LogP contribution in [0.5, 0.6) is 11.5 Å². The fourth-order valence-electron chi connectivity index (χ4n) is 5.00. The fraction of sp³-hybridized carbons (Fsp3) is 0.345. The van der Waals surface area contributed by atoms with Gasteiger partial charge in [0.2, 0.25) is 12.7 Å². The highest BCUT2D eigenvalue weighted by Crippen LogP contribution is 2.32. The van der Waals surface area contributed by atoms with Crippen molar-refractivity contribution in [3.05, 3.63) is 94.0 Å². The first-order valence-corrected chi connectivity index (χ1v) is 12.8. The van der Waals surface area contributed by atoms with Gasteiger partial charge in [0, 0.05) is 37.2 Å². The van der Waals surface area contributed by atoms with Gasteiger partial charge in [0.25, 0.3) is 0 Å². The van der Waals surface area contributed by atoms with Gasteiger partial charge < -0.3 is 20.1 Å². The van der Waals surface area contributed by atoms with E-state index in [4.69, 9.17) is 21.1 Å². The van der Waals surface area contributed by atoms with E-state index < -0.39 is 0 Å². The summed E-state index contributed by atoms with van der Waals surface area (Å²) in [5.74, 6) is 1.61. The van der Waals surface area contributed by atoms with Crippen LogP contribution in [0.3, 0.4) is 0 Å². The number of nitrogens with one attached hydrogen (secondary N) is 2. The molecule has 5 rings (SSSR count). The van der Waals surface area contributed by atoms with Gasteiger partial charge in [-0.2, -0.15) is 0 Å². The Morgan fingerprint density at radius 3 is 2.69 bits per heavy atom. The van der Waals surface area contributed by atoms with Crippen molar-refractivity contribution < 1.29 is 14.3 Å². The van der Waals surface area contributed by atoms with Crippen molar-refractivity contribution in [2.24, 2.45) is 0 Å². The lowest BCUT2D eigenvalue weighted by molar-refractivity contribution is -0.125. The zero-order chi connectivity index (χ0) is 24.9. The Morgan fingerprint density at radius 2 is 1.83 bits per heavy atom. The third-order valence-corrected chi connectivity index (χ3v) is 7.04. The molecule has 0 bridgehead atoms. The molecule has 1 amide bonds. The molecule has 3 aromatic carbocycles. The highest BCUT2D eigenvalue weighted by molar-refractivity contribution is 6.30.